The van der Waals surface area contributed by atoms with Crippen molar-refractivity contribution in [2.24, 2.45) is 5.16 Å². The van der Waals surface area contributed by atoms with Crippen LogP contribution in [-0.4, -0.2) is 14.5 Å². The molecule has 4 heteroatoms. The van der Waals surface area contributed by atoms with Gasteiger partial charge in [-0.15, -0.1) is 5.16 Å². The van der Waals surface area contributed by atoms with Crippen molar-refractivity contribution in [2.45, 2.75) is 38.9 Å². The second-order valence-corrected chi connectivity index (χ2v) is 8.25. The van der Waals surface area contributed by atoms with E-state index in [-0.39, 0.29) is 0 Å². The zero-order valence-corrected chi connectivity index (χ0v) is 10.7. The average molecular weight is 225 g/mol. The summed E-state index contributed by atoms with van der Waals surface area (Å²) in [5.74, 6) is 0.737. The quantitative estimate of drug-likeness (QED) is 0.421. The molecule has 0 saturated heterocycles. The van der Waals surface area contributed by atoms with Crippen LogP contribution in [0.5, 0.6) is 0 Å². The van der Waals surface area contributed by atoms with Gasteiger partial charge < -0.3 is 8.94 Å². The first-order chi connectivity index (χ1) is 7.26. The lowest BCUT2D eigenvalue weighted by atomic mass is 10.5. The van der Waals surface area contributed by atoms with Crippen molar-refractivity contribution in [1.82, 2.24) is 0 Å². The van der Waals surface area contributed by atoms with Crippen LogP contribution in [0.4, 0.5) is 0 Å². The van der Waals surface area contributed by atoms with E-state index in [1.54, 1.807) is 12.5 Å². The SMILES string of the molecule is CC[Si](CC)(CC)O/N=C/c1ccco1. The van der Waals surface area contributed by atoms with Gasteiger partial charge in [0.15, 0.2) is 0 Å². The number of rotatable bonds is 6. The molecule has 0 bridgehead atoms. The fourth-order valence-electron chi connectivity index (χ4n) is 1.50. The van der Waals surface area contributed by atoms with Crippen LogP contribution >= 0.6 is 0 Å². The summed E-state index contributed by atoms with van der Waals surface area (Å²) in [6.07, 6.45) is 3.27. The van der Waals surface area contributed by atoms with Crippen LogP contribution in [0.25, 0.3) is 0 Å². The maximum atomic E-state index is 5.70. The third-order valence-corrected chi connectivity index (χ3v) is 7.26. The van der Waals surface area contributed by atoms with Crippen molar-refractivity contribution in [3.8, 4) is 0 Å². The molecule has 0 amide bonds. The number of hydrogen-bond acceptors (Lipinski definition) is 3. The number of furan rings is 1. The smallest absolute Gasteiger partial charge is 0.286 e. The molecule has 0 spiro atoms. The van der Waals surface area contributed by atoms with Crippen molar-refractivity contribution < 1.29 is 8.94 Å². The second kappa shape index (κ2) is 5.75. The van der Waals surface area contributed by atoms with E-state index in [1.165, 1.54) is 0 Å². The standard InChI is InChI=1S/C11H19NO2Si/c1-4-15(5-2,6-3)14-12-10-11-8-7-9-13-11/h7-10H,4-6H2,1-3H3/b12-10+. The molecule has 84 valence electrons. The van der Waals surface area contributed by atoms with Gasteiger partial charge in [0.2, 0.25) is 0 Å². The Morgan fingerprint density at radius 1 is 1.33 bits per heavy atom. The van der Waals surface area contributed by atoms with Crippen LogP contribution in [0.2, 0.25) is 18.1 Å². The Morgan fingerprint density at radius 3 is 2.47 bits per heavy atom. The van der Waals surface area contributed by atoms with Gasteiger partial charge in [-0.25, -0.2) is 0 Å². The molecule has 0 N–H and O–H groups in total. The molecule has 0 atom stereocenters. The maximum absolute atomic E-state index is 5.70. The topological polar surface area (TPSA) is 34.7 Å². The molecule has 0 saturated carbocycles. The third-order valence-electron chi connectivity index (χ3n) is 2.90. The monoisotopic (exact) mass is 225 g/mol. The van der Waals surface area contributed by atoms with Crippen LogP contribution in [0.3, 0.4) is 0 Å². The average Bonchev–Trinajstić information content (AvgIpc) is 2.78. The summed E-state index contributed by atoms with van der Waals surface area (Å²) in [6.45, 7) is 6.55. The molecular formula is C11H19NO2Si. The molecule has 0 fully saturated rings. The van der Waals surface area contributed by atoms with Crippen LogP contribution in [0, 0.1) is 0 Å². The van der Waals surface area contributed by atoms with E-state index < -0.39 is 8.32 Å². The Balaban J connectivity index is 2.53. The zero-order valence-electron chi connectivity index (χ0n) is 9.69. The number of hydrogen-bond donors (Lipinski definition) is 0. The van der Waals surface area contributed by atoms with E-state index in [0.29, 0.717) is 0 Å². The largest absolute Gasteiger partial charge is 0.463 e. The Labute approximate surface area is 92.2 Å². The summed E-state index contributed by atoms with van der Waals surface area (Å²) in [6, 6.07) is 7.02. The molecule has 0 aliphatic heterocycles. The minimum atomic E-state index is -1.59. The first kappa shape index (κ1) is 12.0. The fourth-order valence-corrected chi connectivity index (χ4v) is 3.66. The van der Waals surface area contributed by atoms with Gasteiger partial charge >= 0.3 is 0 Å². The van der Waals surface area contributed by atoms with Gasteiger partial charge in [-0.1, -0.05) is 20.8 Å². The zero-order chi connectivity index (χ0) is 11.1. The summed E-state index contributed by atoms with van der Waals surface area (Å²) in [5, 5.41) is 4.04. The van der Waals surface area contributed by atoms with Crippen LogP contribution in [0.1, 0.15) is 26.5 Å². The third kappa shape index (κ3) is 3.23. The fraction of sp³-hybridized carbons (Fsp3) is 0.545. The number of nitrogens with zero attached hydrogens (tertiary/aromatic N) is 1. The summed E-state index contributed by atoms with van der Waals surface area (Å²) in [5.41, 5.74) is 0. The van der Waals surface area contributed by atoms with Gasteiger partial charge in [-0.05, 0) is 30.3 Å². The summed E-state index contributed by atoms with van der Waals surface area (Å²) < 4.78 is 10.8. The number of oxime groups is 1. The highest BCUT2D eigenvalue weighted by molar-refractivity contribution is 6.73. The van der Waals surface area contributed by atoms with Gasteiger partial charge in [-0.3, -0.25) is 0 Å². The molecular weight excluding hydrogens is 206 g/mol. The van der Waals surface area contributed by atoms with Crippen LogP contribution < -0.4 is 0 Å². The molecule has 15 heavy (non-hydrogen) atoms. The Kier molecular flexibility index (Phi) is 4.62. The molecule has 0 aliphatic carbocycles. The van der Waals surface area contributed by atoms with Gasteiger partial charge in [0, 0.05) is 0 Å². The molecule has 0 aromatic carbocycles. The van der Waals surface area contributed by atoms with E-state index in [4.69, 9.17) is 8.94 Å². The van der Waals surface area contributed by atoms with Gasteiger partial charge in [0.1, 0.15) is 12.0 Å². The molecule has 3 nitrogen and oxygen atoms in total. The van der Waals surface area contributed by atoms with Crippen molar-refractivity contribution in [3.63, 3.8) is 0 Å². The van der Waals surface area contributed by atoms with E-state index >= 15 is 0 Å². The molecule has 1 aromatic heterocycles. The highest BCUT2D eigenvalue weighted by Crippen LogP contribution is 2.21. The van der Waals surface area contributed by atoms with E-state index in [0.717, 1.165) is 23.9 Å². The maximum Gasteiger partial charge on any atom is 0.286 e. The Bertz CT molecular complexity index is 283. The molecule has 0 aliphatic rings. The first-order valence-electron chi connectivity index (χ1n) is 5.51. The van der Waals surface area contributed by atoms with E-state index in [9.17, 15) is 0 Å². The van der Waals surface area contributed by atoms with E-state index in [2.05, 4.69) is 25.9 Å². The predicted octanol–water partition coefficient (Wildman–Crippen LogP) is 3.64. The van der Waals surface area contributed by atoms with E-state index in [1.807, 2.05) is 12.1 Å². The summed E-state index contributed by atoms with van der Waals surface area (Å²) in [4.78, 5) is 0. The van der Waals surface area contributed by atoms with Gasteiger partial charge in [0.05, 0.1) is 6.26 Å². The lowest BCUT2D eigenvalue weighted by molar-refractivity contribution is 0.323. The van der Waals surface area contributed by atoms with Crippen molar-refractivity contribution in [2.75, 3.05) is 0 Å². The minimum absolute atomic E-state index is 0.737. The summed E-state index contributed by atoms with van der Waals surface area (Å²) >= 11 is 0. The van der Waals surface area contributed by atoms with Gasteiger partial charge in [-0.2, -0.15) is 0 Å². The lowest BCUT2D eigenvalue weighted by Crippen LogP contribution is -2.33. The first-order valence-corrected chi connectivity index (χ1v) is 8.04. The Morgan fingerprint density at radius 2 is 2.00 bits per heavy atom. The van der Waals surface area contributed by atoms with Crippen molar-refractivity contribution >= 4 is 14.5 Å². The second-order valence-electron chi connectivity index (χ2n) is 3.58. The highest BCUT2D eigenvalue weighted by atomic mass is 28.4. The normalized spacial score (nSPS) is 12.2. The van der Waals surface area contributed by atoms with Gasteiger partial charge in [0.25, 0.3) is 8.32 Å². The molecule has 1 heterocycles. The highest BCUT2D eigenvalue weighted by Gasteiger charge is 2.31. The molecule has 1 rings (SSSR count). The molecule has 0 radical (unpaired) electrons. The van der Waals surface area contributed by atoms with Crippen LogP contribution in [0.15, 0.2) is 28.0 Å². The summed E-state index contributed by atoms with van der Waals surface area (Å²) in [7, 11) is -1.59. The lowest BCUT2D eigenvalue weighted by Gasteiger charge is -2.23. The Hall–Kier alpha value is -1.03. The predicted molar refractivity (Wildman–Crippen MR) is 64.6 cm³/mol. The molecule has 0 unspecified atom stereocenters. The molecule has 1 aromatic rings. The minimum Gasteiger partial charge on any atom is -0.463 e. The van der Waals surface area contributed by atoms with Crippen molar-refractivity contribution in [1.29, 1.82) is 0 Å². The van der Waals surface area contributed by atoms with Crippen molar-refractivity contribution in [3.05, 3.63) is 24.2 Å². The van der Waals surface area contributed by atoms with Crippen LogP contribution in [-0.2, 0) is 4.53 Å².